The van der Waals surface area contributed by atoms with Gasteiger partial charge in [0.1, 0.15) is 23.7 Å². The van der Waals surface area contributed by atoms with Crippen LogP contribution in [0.3, 0.4) is 0 Å². The van der Waals surface area contributed by atoms with E-state index in [-0.39, 0.29) is 23.2 Å². The van der Waals surface area contributed by atoms with Gasteiger partial charge >= 0.3 is 0 Å². The van der Waals surface area contributed by atoms with Crippen molar-refractivity contribution in [2.24, 2.45) is 0 Å². The molecular weight excluding hydrogens is 522 g/mol. The fourth-order valence-electron chi connectivity index (χ4n) is 3.94. The number of imide groups is 1. The number of carbonyl (C=O) groups excluding carboxylic acids is 3. The number of rotatable bonds is 8. The molecule has 40 heavy (non-hydrogen) atoms. The van der Waals surface area contributed by atoms with Crippen molar-refractivity contribution in [3.8, 4) is 11.5 Å². The highest BCUT2D eigenvalue weighted by molar-refractivity contribution is 8.18. The molecule has 1 heterocycles. The SMILES string of the molecule is O=C1NC(=O)/C(=C/c2ccc(/C=C/C(=O)c3cc(OC4C=CC=CC=C4)cc(OC4C=CC=CC=C4)c3)cc2)S1. The predicted molar refractivity (Wildman–Crippen MR) is 159 cm³/mol. The number of ether oxygens (including phenoxy) is 2. The molecule has 0 radical (unpaired) electrons. The molecule has 6 nitrogen and oxygen atoms in total. The Balaban J connectivity index is 1.34. The van der Waals surface area contributed by atoms with Crippen LogP contribution < -0.4 is 14.8 Å². The van der Waals surface area contributed by atoms with Gasteiger partial charge in [-0.05, 0) is 71.5 Å². The first-order valence-electron chi connectivity index (χ1n) is 12.6. The Morgan fingerprint density at radius 1 is 0.725 bits per heavy atom. The number of thioether (sulfide) groups is 1. The van der Waals surface area contributed by atoms with E-state index in [9.17, 15) is 14.4 Å². The van der Waals surface area contributed by atoms with Crippen molar-refractivity contribution in [2.75, 3.05) is 0 Å². The largest absolute Gasteiger partial charge is 0.482 e. The van der Waals surface area contributed by atoms with Crippen LogP contribution in [0.1, 0.15) is 21.5 Å². The number of amides is 2. The molecule has 1 aliphatic heterocycles. The summed E-state index contributed by atoms with van der Waals surface area (Å²) in [6.45, 7) is 0. The van der Waals surface area contributed by atoms with Crippen molar-refractivity contribution < 1.29 is 23.9 Å². The summed E-state index contributed by atoms with van der Waals surface area (Å²) >= 11 is 0.872. The van der Waals surface area contributed by atoms with E-state index in [4.69, 9.17) is 9.47 Å². The van der Waals surface area contributed by atoms with Gasteiger partial charge in [0.2, 0.25) is 0 Å². The standard InChI is InChI=1S/C33H25NO5S/c35-30(18-17-23-13-15-24(16-14-23)19-31-32(36)34-33(37)40-31)25-20-28(38-26-9-5-1-2-6-10-26)22-29(21-25)39-27-11-7-3-4-8-12-27/h1-22,26-27H,(H,34,36,37)/b18-17+,31-19-. The molecule has 7 heteroatoms. The van der Waals surface area contributed by atoms with Crippen LogP contribution in [0.15, 0.2) is 126 Å². The third kappa shape index (κ3) is 7.36. The molecule has 0 atom stereocenters. The molecule has 0 aromatic heterocycles. The van der Waals surface area contributed by atoms with Crippen LogP contribution in [-0.4, -0.2) is 29.1 Å². The van der Waals surface area contributed by atoms with Crippen molar-refractivity contribution in [2.45, 2.75) is 12.2 Å². The fraction of sp³-hybridized carbons (Fsp3) is 0.0606. The quantitative estimate of drug-likeness (QED) is 0.290. The Labute approximate surface area is 236 Å². The van der Waals surface area contributed by atoms with E-state index in [0.717, 1.165) is 22.9 Å². The summed E-state index contributed by atoms with van der Waals surface area (Å²) in [5, 5.41) is 1.86. The molecule has 3 aliphatic rings. The topological polar surface area (TPSA) is 81.7 Å². The minimum atomic E-state index is -0.398. The average Bonchev–Trinajstić information content (AvgIpc) is 3.18. The third-order valence-corrected chi connectivity index (χ3v) is 6.69. The van der Waals surface area contributed by atoms with Gasteiger partial charge in [-0.2, -0.15) is 0 Å². The molecular formula is C33H25NO5S. The molecule has 0 bridgehead atoms. The highest BCUT2D eigenvalue weighted by Gasteiger charge is 2.24. The zero-order chi connectivity index (χ0) is 27.7. The van der Waals surface area contributed by atoms with Gasteiger partial charge < -0.3 is 9.47 Å². The van der Waals surface area contributed by atoms with Gasteiger partial charge in [-0.1, -0.05) is 78.9 Å². The lowest BCUT2D eigenvalue weighted by Gasteiger charge is -2.16. The monoisotopic (exact) mass is 547 g/mol. The second kappa shape index (κ2) is 12.8. The van der Waals surface area contributed by atoms with Gasteiger partial charge in [0.05, 0.1) is 4.91 Å². The number of benzene rings is 2. The lowest BCUT2D eigenvalue weighted by atomic mass is 10.1. The molecule has 0 spiro atoms. The maximum atomic E-state index is 13.2. The summed E-state index contributed by atoms with van der Waals surface area (Å²) in [6, 6.07) is 12.5. The van der Waals surface area contributed by atoms with Gasteiger partial charge in [-0.3, -0.25) is 19.7 Å². The van der Waals surface area contributed by atoms with Crippen LogP contribution in [0.2, 0.25) is 0 Å². The molecule has 198 valence electrons. The first-order chi connectivity index (χ1) is 19.5. The minimum Gasteiger partial charge on any atom is -0.482 e. The molecule has 1 N–H and O–H groups in total. The summed E-state index contributed by atoms with van der Waals surface area (Å²) in [4.78, 5) is 36.7. The van der Waals surface area contributed by atoms with Crippen LogP contribution in [0, 0.1) is 0 Å². The van der Waals surface area contributed by atoms with Crippen LogP contribution in [0.25, 0.3) is 12.2 Å². The summed E-state index contributed by atoms with van der Waals surface area (Å²) < 4.78 is 12.3. The van der Waals surface area contributed by atoms with E-state index >= 15 is 0 Å². The summed E-state index contributed by atoms with van der Waals surface area (Å²) in [6.07, 6.45) is 27.3. The number of hydrogen-bond donors (Lipinski definition) is 1. The normalized spacial score (nSPS) is 17.9. The second-order valence-corrected chi connectivity index (χ2v) is 9.90. The maximum absolute atomic E-state index is 13.2. The van der Waals surface area contributed by atoms with Crippen molar-refractivity contribution >= 4 is 40.8 Å². The zero-order valence-corrected chi connectivity index (χ0v) is 22.1. The lowest BCUT2D eigenvalue weighted by Crippen LogP contribution is -2.17. The number of nitrogens with one attached hydrogen (secondary N) is 1. The van der Waals surface area contributed by atoms with Crippen LogP contribution in [0.4, 0.5) is 4.79 Å². The summed E-state index contributed by atoms with van der Waals surface area (Å²) in [5.41, 5.74) is 2.01. The zero-order valence-electron chi connectivity index (χ0n) is 21.3. The van der Waals surface area contributed by atoms with Gasteiger partial charge in [-0.15, -0.1) is 0 Å². The molecule has 2 aliphatic carbocycles. The van der Waals surface area contributed by atoms with E-state index < -0.39 is 5.91 Å². The van der Waals surface area contributed by atoms with Crippen LogP contribution in [0.5, 0.6) is 11.5 Å². The molecule has 0 unspecified atom stereocenters. The van der Waals surface area contributed by atoms with E-state index in [1.807, 2.05) is 97.2 Å². The average molecular weight is 548 g/mol. The van der Waals surface area contributed by atoms with Crippen molar-refractivity contribution in [1.82, 2.24) is 5.32 Å². The highest BCUT2D eigenvalue weighted by atomic mass is 32.2. The van der Waals surface area contributed by atoms with Gasteiger partial charge in [0, 0.05) is 11.6 Å². The van der Waals surface area contributed by atoms with Gasteiger partial charge in [0.15, 0.2) is 5.78 Å². The van der Waals surface area contributed by atoms with Gasteiger partial charge in [-0.25, -0.2) is 0 Å². The third-order valence-electron chi connectivity index (χ3n) is 5.88. The Bertz CT molecular complexity index is 1460. The molecule has 2 aromatic carbocycles. The smallest absolute Gasteiger partial charge is 0.290 e. The summed E-state index contributed by atoms with van der Waals surface area (Å²) in [5.74, 6) is 0.422. The first-order valence-corrected chi connectivity index (χ1v) is 13.4. The second-order valence-electron chi connectivity index (χ2n) is 8.88. The molecule has 2 aromatic rings. The molecule has 1 fully saturated rings. The highest BCUT2D eigenvalue weighted by Crippen LogP contribution is 2.28. The number of allylic oxidation sites excluding steroid dienone is 9. The fourth-order valence-corrected chi connectivity index (χ4v) is 4.63. The maximum Gasteiger partial charge on any atom is 0.290 e. The van der Waals surface area contributed by atoms with E-state index in [0.29, 0.717) is 22.0 Å². The van der Waals surface area contributed by atoms with Crippen molar-refractivity contribution in [1.29, 1.82) is 0 Å². The predicted octanol–water partition coefficient (Wildman–Crippen LogP) is 6.77. The number of hydrogen-bond acceptors (Lipinski definition) is 6. The molecule has 2 amide bonds. The van der Waals surface area contributed by atoms with Crippen molar-refractivity contribution in [3.63, 3.8) is 0 Å². The molecule has 1 saturated heterocycles. The lowest BCUT2D eigenvalue weighted by molar-refractivity contribution is -0.115. The Kier molecular flexibility index (Phi) is 8.53. The Morgan fingerprint density at radius 2 is 1.25 bits per heavy atom. The van der Waals surface area contributed by atoms with Gasteiger partial charge in [0.25, 0.3) is 11.1 Å². The van der Waals surface area contributed by atoms with Crippen molar-refractivity contribution in [3.05, 3.63) is 143 Å². The van der Waals surface area contributed by atoms with E-state index in [1.165, 1.54) is 6.08 Å². The summed E-state index contributed by atoms with van der Waals surface area (Å²) in [7, 11) is 0. The Hall–Kier alpha value is -4.88. The Morgan fingerprint density at radius 3 is 1.75 bits per heavy atom. The molecule has 5 rings (SSSR count). The van der Waals surface area contributed by atoms with Crippen LogP contribution >= 0.6 is 11.8 Å². The van der Waals surface area contributed by atoms with E-state index in [2.05, 4.69) is 5.32 Å². The first kappa shape index (κ1) is 26.7. The number of ketones is 1. The molecule has 0 saturated carbocycles. The minimum absolute atomic E-state index is 0.207. The van der Waals surface area contributed by atoms with E-state index in [1.54, 1.807) is 30.4 Å². The van der Waals surface area contributed by atoms with Crippen LogP contribution in [-0.2, 0) is 4.79 Å². The number of carbonyl (C=O) groups is 3.